The van der Waals surface area contributed by atoms with Gasteiger partial charge in [-0.15, -0.1) is 0 Å². The van der Waals surface area contributed by atoms with Crippen LogP contribution in [0.15, 0.2) is 60.7 Å². The van der Waals surface area contributed by atoms with Gasteiger partial charge in [0.2, 0.25) is 0 Å². The Morgan fingerprint density at radius 1 is 0.682 bits per heavy atom. The maximum absolute atomic E-state index is 10.9. The molecule has 2 rings (SSSR count). The van der Waals surface area contributed by atoms with Crippen molar-refractivity contribution >= 4 is 23.5 Å². The summed E-state index contributed by atoms with van der Waals surface area (Å²) in [5, 5.41) is 21.7. The summed E-state index contributed by atoms with van der Waals surface area (Å²) >= 11 is 0. The number of hydrogen-bond donors (Lipinski definition) is 0. The monoisotopic (exact) mass is 296 g/mol. The summed E-state index contributed by atoms with van der Waals surface area (Å²) < 4.78 is 0. The Morgan fingerprint density at radius 3 is 1.41 bits per heavy atom. The summed E-state index contributed by atoms with van der Waals surface area (Å²) in [7, 11) is 0. The SMILES string of the molecule is O=[N+]([O-])c1ccccc1/C=C/C=C/c1ccccc1[N+](=O)[O-]. The molecule has 0 aliphatic carbocycles. The van der Waals surface area contributed by atoms with Crippen molar-refractivity contribution in [3.63, 3.8) is 0 Å². The van der Waals surface area contributed by atoms with Crippen LogP contribution in [0.4, 0.5) is 11.4 Å². The largest absolute Gasteiger partial charge is 0.276 e. The molecule has 0 amide bonds. The summed E-state index contributed by atoms with van der Waals surface area (Å²) in [6.07, 6.45) is 6.39. The van der Waals surface area contributed by atoms with Crippen molar-refractivity contribution in [1.82, 2.24) is 0 Å². The van der Waals surface area contributed by atoms with Crippen LogP contribution in [0.1, 0.15) is 11.1 Å². The predicted molar refractivity (Wildman–Crippen MR) is 84.3 cm³/mol. The van der Waals surface area contributed by atoms with Crippen LogP contribution in [0.2, 0.25) is 0 Å². The van der Waals surface area contributed by atoms with Gasteiger partial charge in [-0.05, 0) is 24.3 Å². The number of nitro benzene ring substituents is 2. The van der Waals surface area contributed by atoms with Crippen LogP contribution in [-0.4, -0.2) is 9.85 Å². The van der Waals surface area contributed by atoms with Crippen LogP contribution in [0, 0.1) is 20.2 Å². The van der Waals surface area contributed by atoms with Gasteiger partial charge in [0.05, 0.1) is 21.0 Å². The highest BCUT2D eigenvalue weighted by Gasteiger charge is 2.09. The normalized spacial score (nSPS) is 11.1. The Kier molecular flexibility index (Phi) is 4.77. The van der Waals surface area contributed by atoms with Crippen LogP contribution in [-0.2, 0) is 0 Å². The molecule has 0 bridgehead atoms. The number of allylic oxidation sites excluding steroid dienone is 2. The van der Waals surface area contributed by atoms with Crippen LogP contribution in [0.5, 0.6) is 0 Å². The van der Waals surface area contributed by atoms with E-state index < -0.39 is 9.85 Å². The van der Waals surface area contributed by atoms with E-state index in [9.17, 15) is 20.2 Å². The minimum absolute atomic E-state index is 0.0119. The Bertz CT molecular complexity index is 701. The highest BCUT2D eigenvalue weighted by atomic mass is 16.6. The van der Waals surface area contributed by atoms with E-state index in [0.29, 0.717) is 11.1 Å². The molecule has 0 unspecified atom stereocenters. The standard InChI is InChI=1S/C16H12N2O4/c19-17(20)15-11-5-3-9-13(15)7-1-2-8-14-10-4-6-12-16(14)18(21)22/h1-12H/b7-1+,8-2+. The van der Waals surface area contributed by atoms with E-state index in [1.165, 1.54) is 12.1 Å². The Labute approximate surface area is 126 Å². The van der Waals surface area contributed by atoms with Crippen LogP contribution >= 0.6 is 0 Å². The lowest BCUT2D eigenvalue weighted by Crippen LogP contribution is -1.90. The molecule has 0 atom stereocenters. The van der Waals surface area contributed by atoms with E-state index >= 15 is 0 Å². The van der Waals surface area contributed by atoms with Crippen LogP contribution in [0.3, 0.4) is 0 Å². The van der Waals surface area contributed by atoms with E-state index in [4.69, 9.17) is 0 Å². The average molecular weight is 296 g/mol. The van der Waals surface area contributed by atoms with Gasteiger partial charge in [-0.2, -0.15) is 0 Å². The number of nitrogens with zero attached hydrogens (tertiary/aromatic N) is 2. The molecule has 0 spiro atoms. The molecule has 0 saturated carbocycles. The fourth-order valence-corrected chi connectivity index (χ4v) is 1.91. The molecule has 110 valence electrons. The van der Waals surface area contributed by atoms with Gasteiger partial charge in [0.25, 0.3) is 11.4 Å². The van der Waals surface area contributed by atoms with Crippen molar-refractivity contribution in [2.75, 3.05) is 0 Å². The predicted octanol–water partition coefficient (Wildman–Crippen LogP) is 4.23. The van der Waals surface area contributed by atoms with Gasteiger partial charge in [0, 0.05) is 12.1 Å². The number of nitro groups is 2. The summed E-state index contributed by atoms with van der Waals surface area (Å²) in [5.41, 5.74) is 0.968. The minimum Gasteiger partial charge on any atom is -0.258 e. The maximum atomic E-state index is 10.9. The topological polar surface area (TPSA) is 86.3 Å². The molecular weight excluding hydrogens is 284 g/mol. The molecule has 0 N–H and O–H groups in total. The van der Waals surface area contributed by atoms with Crippen molar-refractivity contribution in [3.8, 4) is 0 Å². The van der Waals surface area contributed by atoms with Crippen molar-refractivity contribution in [1.29, 1.82) is 0 Å². The molecule has 0 fully saturated rings. The van der Waals surface area contributed by atoms with Gasteiger partial charge in [0.1, 0.15) is 0 Å². The molecule has 2 aromatic rings. The van der Waals surface area contributed by atoms with Gasteiger partial charge in [-0.1, -0.05) is 36.4 Å². The second-order valence-corrected chi connectivity index (χ2v) is 4.35. The first-order valence-corrected chi connectivity index (χ1v) is 6.41. The molecule has 0 aliphatic heterocycles. The lowest BCUT2D eigenvalue weighted by atomic mass is 10.1. The first-order valence-electron chi connectivity index (χ1n) is 6.41. The van der Waals surface area contributed by atoms with Crippen LogP contribution < -0.4 is 0 Å². The van der Waals surface area contributed by atoms with Gasteiger partial charge < -0.3 is 0 Å². The van der Waals surface area contributed by atoms with Gasteiger partial charge in [0.15, 0.2) is 0 Å². The quantitative estimate of drug-likeness (QED) is 0.469. The van der Waals surface area contributed by atoms with Gasteiger partial charge in [-0.25, -0.2) is 0 Å². The summed E-state index contributed by atoms with van der Waals surface area (Å²) in [6.45, 7) is 0. The fraction of sp³-hybridized carbons (Fsp3) is 0. The maximum Gasteiger partial charge on any atom is 0.276 e. The van der Waals surface area contributed by atoms with Gasteiger partial charge in [-0.3, -0.25) is 20.2 Å². The second-order valence-electron chi connectivity index (χ2n) is 4.35. The zero-order valence-electron chi connectivity index (χ0n) is 11.5. The molecule has 6 heteroatoms. The first-order chi connectivity index (χ1) is 10.6. The minimum atomic E-state index is -0.453. The smallest absolute Gasteiger partial charge is 0.258 e. The zero-order valence-corrected chi connectivity index (χ0v) is 11.5. The molecular formula is C16H12N2O4. The molecule has 2 aromatic carbocycles. The highest BCUT2D eigenvalue weighted by Crippen LogP contribution is 2.20. The van der Waals surface area contributed by atoms with Crippen molar-refractivity contribution in [2.45, 2.75) is 0 Å². The number of hydrogen-bond acceptors (Lipinski definition) is 4. The van der Waals surface area contributed by atoms with E-state index in [-0.39, 0.29) is 11.4 Å². The van der Waals surface area contributed by atoms with Crippen molar-refractivity contribution in [3.05, 3.63) is 92.0 Å². The zero-order chi connectivity index (χ0) is 15.9. The van der Waals surface area contributed by atoms with Crippen molar-refractivity contribution in [2.24, 2.45) is 0 Å². The summed E-state index contributed by atoms with van der Waals surface area (Å²) in [5.74, 6) is 0. The number of para-hydroxylation sites is 2. The third-order valence-electron chi connectivity index (χ3n) is 2.93. The first kappa shape index (κ1) is 15.1. The Morgan fingerprint density at radius 2 is 1.05 bits per heavy atom. The molecule has 0 aromatic heterocycles. The average Bonchev–Trinajstić information content (AvgIpc) is 2.52. The van der Waals surface area contributed by atoms with E-state index in [1.54, 1.807) is 60.7 Å². The van der Waals surface area contributed by atoms with E-state index in [2.05, 4.69) is 0 Å². The highest BCUT2D eigenvalue weighted by molar-refractivity contribution is 5.66. The fourth-order valence-electron chi connectivity index (χ4n) is 1.91. The summed E-state index contributed by atoms with van der Waals surface area (Å²) in [6, 6.07) is 12.7. The second kappa shape index (κ2) is 6.94. The third kappa shape index (κ3) is 3.63. The van der Waals surface area contributed by atoms with Gasteiger partial charge >= 0.3 is 0 Å². The Hall–Kier alpha value is -3.28. The number of rotatable bonds is 5. The summed E-state index contributed by atoms with van der Waals surface area (Å²) in [4.78, 5) is 20.8. The molecule has 6 nitrogen and oxygen atoms in total. The lowest BCUT2D eigenvalue weighted by molar-refractivity contribution is -0.385. The van der Waals surface area contributed by atoms with Crippen LogP contribution in [0.25, 0.3) is 12.2 Å². The molecule has 22 heavy (non-hydrogen) atoms. The molecule has 0 radical (unpaired) electrons. The Balaban J connectivity index is 2.20. The van der Waals surface area contributed by atoms with E-state index in [0.717, 1.165) is 0 Å². The van der Waals surface area contributed by atoms with Crippen molar-refractivity contribution < 1.29 is 9.85 Å². The third-order valence-corrected chi connectivity index (χ3v) is 2.93. The lowest BCUT2D eigenvalue weighted by Gasteiger charge is -1.96. The number of benzene rings is 2. The molecule has 0 heterocycles. The van der Waals surface area contributed by atoms with E-state index in [1.807, 2.05) is 0 Å². The molecule has 0 saturated heterocycles. The molecule has 0 aliphatic rings.